The number of nitrogens with two attached hydrogens (primary N) is 1. The zero-order chi connectivity index (χ0) is 31.7. The molecule has 11 nitrogen and oxygen atoms in total. The van der Waals surface area contributed by atoms with E-state index in [1.807, 2.05) is 19.1 Å². The quantitative estimate of drug-likeness (QED) is 0.249. The number of hydrogen-bond acceptors (Lipinski definition) is 11. The third-order valence-electron chi connectivity index (χ3n) is 8.63. The van der Waals surface area contributed by atoms with Crippen LogP contribution in [0.15, 0.2) is 57.9 Å². The first-order chi connectivity index (χ1) is 20.1. The Kier molecular flexibility index (Phi) is 7.44. The summed E-state index contributed by atoms with van der Waals surface area (Å²) in [6.45, 7) is 1.91. The second-order valence-corrected chi connectivity index (χ2v) is 12.8. The Labute approximate surface area is 252 Å². The lowest BCUT2D eigenvalue weighted by Gasteiger charge is -2.50. The number of carbonyl (C=O) groups excluding carboxylic acids is 4. The Bertz CT molecular complexity index is 1660. The molecular weight excluding hydrogens is 574 g/mol. The van der Waals surface area contributed by atoms with Crippen molar-refractivity contribution in [1.29, 1.82) is 0 Å². The second-order valence-electron chi connectivity index (χ2n) is 11.7. The molecule has 43 heavy (non-hydrogen) atoms. The zero-order valence-corrected chi connectivity index (χ0v) is 25.2. The van der Waals surface area contributed by atoms with Crippen molar-refractivity contribution in [2.75, 3.05) is 33.1 Å². The van der Waals surface area contributed by atoms with E-state index in [-0.39, 0.29) is 29.5 Å². The topological polar surface area (TPSA) is 182 Å². The number of carbonyl (C=O) groups is 4. The van der Waals surface area contributed by atoms with Crippen LogP contribution in [0.2, 0.25) is 0 Å². The molecule has 0 saturated carbocycles. The Morgan fingerprint density at radius 3 is 2.23 bits per heavy atom. The van der Waals surface area contributed by atoms with Crippen LogP contribution in [0.25, 0.3) is 0 Å². The fourth-order valence-corrected chi connectivity index (χ4v) is 7.37. The number of phenols is 1. The van der Waals surface area contributed by atoms with E-state index in [0.717, 1.165) is 17.3 Å². The third-order valence-corrected chi connectivity index (χ3v) is 9.55. The van der Waals surface area contributed by atoms with Gasteiger partial charge in [-0.25, -0.2) is 0 Å². The summed E-state index contributed by atoms with van der Waals surface area (Å²) in [5, 5.41) is 45.1. The number of amides is 1. The molecule has 1 amide bonds. The monoisotopic (exact) mass is 607 g/mol. The van der Waals surface area contributed by atoms with Crippen molar-refractivity contribution in [1.82, 2.24) is 4.90 Å². The molecule has 12 heteroatoms. The molecule has 0 bridgehead atoms. The number of ketones is 2. The van der Waals surface area contributed by atoms with E-state index in [9.17, 15) is 39.6 Å². The molecule has 2 aromatic rings. The van der Waals surface area contributed by atoms with Gasteiger partial charge in [0.25, 0.3) is 5.91 Å². The lowest BCUT2D eigenvalue weighted by Crippen LogP contribution is -2.63. The molecule has 0 spiro atoms. The predicted octanol–water partition coefficient (Wildman–Crippen LogP) is 2.43. The van der Waals surface area contributed by atoms with Gasteiger partial charge in [-0.05, 0) is 75.3 Å². The summed E-state index contributed by atoms with van der Waals surface area (Å²) in [7, 11) is 6.61. The number of benzene rings is 2. The van der Waals surface area contributed by atoms with Crippen molar-refractivity contribution >= 4 is 40.0 Å². The number of aromatic hydroxyl groups is 1. The van der Waals surface area contributed by atoms with E-state index in [2.05, 4.69) is 0 Å². The van der Waals surface area contributed by atoms with Gasteiger partial charge in [-0.15, -0.1) is 0 Å². The first kappa shape index (κ1) is 30.3. The number of Topliss-reactive ketones (excluding diaryl/α,β-unsaturated/α-hetero) is 2. The number of phenolic OH excluding ortho intramolecular Hbond substituents is 1. The van der Waals surface area contributed by atoms with Crippen molar-refractivity contribution in [3.63, 3.8) is 0 Å². The van der Waals surface area contributed by atoms with Gasteiger partial charge in [-0.2, -0.15) is 0 Å². The van der Waals surface area contributed by atoms with Gasteiger partial charge in [0.05, 0.1) is 17.2 Å². The molecule has 0 fully saturated rings. The normalized spacial score (nSPS) is 25.0. The Morgan fingerprint density at radius 1 is 1.05 bits per heavy atom. The molecule has 3 aliphatic rings. The minimum atomic E-state index is -2.74. The van der Waals surface area contributed by atoms with E-state index < -0.39 is 68.9 Å². The lowest BCUT2D eigenvalue weighted by molar-refractivity contribution is -0.148. The number of nitrogens with zero attached hydrogens (tertiary/aromatic N) is 2. The third kappa shape index (κ3) is 4.52. The van der Waals surface area contributed by atoms with Crippen molar-refractivity contribution in [2.45, 2.75) is 36.3 Å². The highest BCUT2D eigenvalue weighted by molar-refractivity contribution is 8.14. The Balaban J connectivity index is 1.68. The average molecular weight is 608 g/mol. The molecule has 226 valence electrons. The Morgan fingerprint density at radius 2 is 1.67 bits per heavy atom. The molecule has 0 unspecified atom stereocenters. The van der Waals surface area contributed by atoms with Gasteiger partial charge in [0.15, 0.2) is 11.4 Å². The van der Waals surface area contributed by atoms with Crippen LogP contribution in [0.3, 0.4) is 0 Å². The number of aliphatic hydroxyl groups excluding tert-OH is 2. The van der Waals surface area contributed by atoms with Gasteiger partial charge in [-0.3, -0.25) is 24.1 Å². The van der Waals surface area contributed by atoms with Gasteiger partial charge in [-0.1, -0.05) is 17.7 Å². The summed E-state index contributed by atoms with van der Waals surface area (Å²) < 4.78 is 0. The molecule has 4 atom stereocenters. The number of hydrogen-bond donors (Lipinski definition) is 5. The number of primary amides is 1. The summed E-state index contributed by atoms with van der Waals surface area (Å²) in [5.74, 6) is -7.43. The number of fused-ring (bicyclic) bond motifs is 3. The number of allylic oxidation sites excluding steroid dienone is 1. The summed E-state index contributed by atoms with van der Waals surface area (Å²) in [6.07, 6.45) is 0.0958. The summed E-state index contributed by atoms with van der Waals surface area (Å²) >= 11 is 0.884. The molecule has 5 rings (SSSR count). The van der Waals surface area contributed by atoms with Gasteiger partial charge in [0.2, 0.25) is 10.9 Å². The van der Waals surface area contributed by atoms with E-state index >= 15 is 0 Å². The summed E-state index contributed by atoms with van der Waals surface area (Å²) in [4.78, 5) is 57.1. The Hall–Kier alpha value is -4.13. The van der Waals surface area contributed by atoms with Crippen LogP contribution in [0, 0.1) is 18.8 Å². The smallest absolute Gasteiger partial charge is 0.255 e. The second kappa shape index (κ2) is 10.5. The average Bonchev–Trinajstić information content (AvgIpc) is 2.91. The van der Waals surface area contributed by atoms with Gasteiger partial charge < -0.3 is 31.1 Å². The molecular formula is C31H33N3O8S. The first-order valence-electron chi connectivity index (χ1n) is 13.6. The van der Waals surface area contributed by atoms with E-state index in [1.54, 1.807) is 45.2 Å². The maximum absolute atomic E-state index is 14.1. The summed E-state index contributed by atoms with van der Waals surface area (Å²) in [5.41, 5.74) is 3.14. The first-order valence-corrected chi connectivity index (χ1v) is 14.4. The number of aliphatic hydroxyl groups is 3. The standard InChI is InChI=1S/C31H33N3O8S/c1-13-6-8-15(9-7-13)43-30(41)17-12-19(33(2)3)16-10-14-11-18-23(34(4)5)26(37)22(29(32)40)28(39)31(18,42)27(38)20(14)25(36)21(16)24(17)35/h6-9,12,14,18,23,35,37-38,42H,10-11H2,1-5H3,(H2,32,40)/t14-,18-,23-,31-/m0/s1. The number of thioether (sulfide) groups is 1. The molecule has 6 N–H and O–H groups in total. The van der Waals surface area contributed by atoms with Crippen LogP contribution < -0.4 is 10.6 Å². The highest BCUT2D eigenvalue weighted by Gasteiger charge is 2.63. The molecule has 0 radical (unpaired) electrons. The highest BCUT2D eigenvalue weighted by atomic mass is 32.2. The molecule has 3 aliphatic carbocycles. The van der Waals surface area contributed by atoms with Crippen LogP contribution in [-0.4, -0.2) is 87.7 Å². The number of likely N-dealkylation sites (N-methyl/N-ethyl adjacent to an activating group) is 1. The number of anilines is 1. The fourth-order valence-electron chi connectivity index (χ4n) is 6.62. The van der Waals surface area contributed by atoms with Crippen molar-refractivity contribution in [3.05, 3.63) is 75.3 Å². The van der Waals surface area contributed by atoms with Crippen LogP contribution in [0.5, 0.6) is 5.75 Å². The van der Waals surface area contributed by atoms with Crippen LogP contribution in [0.4, 0.5) is 5.69 Å². The SMILES string of the molecule is Cc1ccc(SC(=O)c2cc(N(C)C)c3c(c2O)C(=O)C2=C(O)[C@]4(O)C(=O)C(C(N)=O)=C(O)[C@@H](N(C)C)[C@@H]4C[C@@H]2C3)cc1. The van der Waals surface area contributed by atoms with Crippen LogP contribution >= 0.6 is 11.8 Å². The van der Waals surface area contributed by atoms with Gasteiger partial charge in [0, 0.05) is 36.2 Å². The predicted molar refractivity (Wildman–Crippen MR) is 159 cm³/mol. The number of rotatable bonds is 5. The zero-order valence-electron chi connectivity index (χ0n) is 24.3. The van der Waals surface area contributed by atoms with Crippen LogP contribution in [0.1, 0.15) is 38.3 Å². The molecule has 0 aromatic heterocycles. The van der Waals surface area contributed by atoms with Gasteiger partial charge >= 0.3 is 0 Å². The van der Waals surface area contributed by atoms with E-state index in [1.165, 1.54) is 11.0 Å². The number of aryl methyl sites for hydroxylation is 1. The molecule has 0 saturated heterocycles. The maximum Gasteiger partial charge on any atom is 0.255 e. The molecule has 0 aliphatic heterocycles. The van der Waals surface area contributed by atoms with Crippen molar-refractivity contribution < 1.29 is 39.6 Å². The molecule has 2 aromatic carbocycles. The summed E-state index contributed by atoms with van der Waals surface area (Å²) in [6, 6.07) is 7.68. The minimum Gasteiger partial charge on any atom is -0.510 e. The van der Waals surface area contributed by atoms with Crippen molar-refractivity contribution in [2.24, 2.45) is 17.6 Å². The molecule has 0 heterocycles. The van der Waals surface area contributed by atoms with Crippen LogP contribution in [-0.2, 0) is 16.0 Å². The van der Waals surface area contributed by atoms with E-state index in [4.69, 9.17) is 5.73 Å². The van der Waals surface area contributed by atoms with Gasteiger partial charge in [0.1, 0.15) is 22.8 Å². The lowest BCUT2D eigenvalue weighted by atomic mass is 9.58. The highest BCUT2D eigenvalue weighted by Crippen LogP contribution is 2.53. The minimum absolute atomic E-state index is 0.0245. The van der Waals surface area contributed by atoms with E-state index in [0.29, 0.717) is 16.1 Å². The largest absolute Gasteiger partial charge is 0.510 e. The fraction of sp³-hybridized carbons (Fsp3) is 0.355. The van der Waals surface area contributed by atoms with Crippen molar-refractivity contribution in [3.8, 4) is 5.75 Å². The maximum atomic E-state index is 14.1.